The van der Waals surface area contributed by atoms with Crippen molar-refractivity contribution in [3.8, 4) is 5.75 Å². The molecule has 2 heteroatoms. The molecule has 2 aromatic rings. The zero-order chi connectivity index (χ0) is 13.8. The van der Waals surface area contributed by atoms with Crippen molar-refractivity contribution >= 4 is 11.9 Å². The summed E-state index contributed by atoms with van der Waals surface area (Å²) >= 11 is 0. The number of benzene rings is 2. The maximum atomic E-state index is 12.1. The van der Waals surface area contributed by atoms with Gasteiger partial charge in [0, 0.05) is 0 Å². The standard InChI is InChI=1S/C17H16O2/c1-12-10-13(2)17(19)15(11-12)16(18)9-8-14-6-4-3-5-7-14/h3-11,19H,1-2H3/b9-8+. The van der Waals surface area contributed by atoms with Crippen LogP contribution in [0.25, 0.3) is 6.08 Å². The highest BCUT2D eigenvalue weighted by Gasteiger charge is 2.11. The summed E-state index contributed by atoms with van der Waals surface area (Å²) in [7, 11) is 0. The smallest absolute Gasteiger partial charge is 0.189 e. The van der Waals surface area contributed by atoms with Gasteiger partial charge in [0.25, 0.3) is 0 Å². The number of hydrogen-bond donors (Lipinski definition) is 1. The zero-order valence-electron chi connectivity index (χ0n) is 11.1. The molecule has 2 aromatic carbocycles. The van der Waals surface area contributed by atoms with Gasteiger partial charge in [0.1, 0.15) is 5.75 Å². The Morgan fingerprint density at radius 1 is 1.11 bits per heavy atom. The van der Waals surface area contributed by atoms with E-state index in [1.165, 1.54) is 6.08 Å². The molecule has 2 rings (SSSR count). The highest BCUT2D eigenvalue weighted by atomic mass is 16.3. The molecule has 0 saturated heterocycles. The predicted molar refractivity (Wildman–Crippen MR) is 77.4 cm³/mol. The lowest BCUT2D eigenvalue weighted by atomic mass is 10.0. The molecule has 0 aliphatic rings. The first-order valence-electron chi connectivity index (χ1n) is 6.15. The molecule has 0 aliphatic heterocycles. The number of carbonyl (C=O) groups is 1. The van der Waals surface area contributed by atoms with Gasteiger partial charge in [-0.05, 0) is 42.7 Å². The summed E-state index contributed by atoms with van der Waals surface area (Å²) in [6, 6.07) is 13.2. The van der Waals surface area contributed by atoms with Gasteiger partial charge in [-0.1, -0.05) is 42.5 Å². The summed E-state index contributed by atoms with van der Waals surface area (Å²) in [5.74, 6) is -0.124. The molecule has 0 aromatic heterocycles. The molecule has 0 saturated carbocycles. The van der Waals surface area contributed by atoms with Crippen LogP contribution in [0.2, 0.25) is 0 Å². The first-order valence-corrected chi connectivity index (χ1v) is 6.15. The Hall–Kier alpha value is -2.35. The molecule has 0 amide bonds. The lowest BCUT2D eigenvalue weighted by molar-refractivity contribution is 0.104. The second kappa shape index (κ2) is 5.53. The summed E-state index contributed by atoms with van der Waals surface area (Å²) in [6.45, 7) is 3.70. The van der Waals surface area contributed by atoms with Crippen LogP contribution >= 0.6 is 0 Å². The molecule has 2 nitrogen and oxygen atoms in total. The molecule has 0 unspecified atom stereocenters. The predicted octanol–water partition coefficient (Wildman–Crippen LogP) is 3.91. The van der Waals surface area contributed by atoms with Gasteiger partial charge in [0.2, 0.25) is 0 Å². The van der Waals surface area contributed by atoms with E-state index in [0.717, 1.165) is 16.7 Å². The van der Waals surface area contributed by atoms with E-state index in [9.17, 15) is 9.90 Å². The fourth-order valence-corrected chi connectivity index (χ4v) is 1.97. The number of aromatic hydroxyl groups is 1. The van der Waals surface area contributed by atoms with Gasteiger partial charge in [-0.3, -0.25) is 4.79 Å². The molecular weight excluding hydrogens is 236 g/mol. The second-order valence-electron chi connectivity index (χ2n) is 4.59. The van der Waals surface area contributed by atoms with Gasteiger partial charge >= 0.3 is 0 Å². The Labute approximate surface area is 113 Å². The van der Waals surface area contributed by atoms with Gasteiger partial charge in [0.15, 0.2) is 5.78 Å². The van der Waals surface area contributed by atoms with Gasteiger partial charge in [-0.2, -0.15) is 0 Å². The average molecular weight is 252 g/mol. The van der Waals surface area contributed by atoms with Crippen molar-refractivity contribution in [2.75, 3.05) is 0 Å². The highest BCUT2D eigenvalue weighted by molar-refractivity contribution is 6.08. The third-order valence-corrected chi connectivity index (χ3v) is 2.94. The monoisotopic (exact) mass is 252 g/mol. The summed E-state index contributed by atoms with van der Waals surface area (Å²) in [6.07, 6.45) is 3.24. The van der Waals surface area contributed by atoms with Gasteiger partial charge in [-0.15, -0.1) is 0 Å². The van der Waals surface area contributed by atoms with Crippen LogP contribution in [0.4, 0.5) is 0 Å². The van der Waals surface area contributed by atoms with Crippen molar-refractivity contribution < 1.29 is 9.90 Å². The van der Waals surface area contributed by atoms with Crippen LogP contribution in [-0.2, 0) is 0 Å². The summed E-state index contributed by atoms with van der Waals surface area (Å²) < 4.78 is 0. The lowest BCUT2D eigenvalue weighted by Crippen LogP contribution is -1.97. The fourth-order valence-electron chi connectivity index (χ4n) is 1.97. The fraction of sp³-hybridized carbons (Fsp3) is 0.118. The summed E-state index contributed by atoms with van der Waals surface area (Å²) in [4.78, 5) is 12.1. The normalized spacial score (nSPS) is 10.8. The van der Waals surface area contributed by atoms with Crippen molar-refractivity contribution in [1.29, 1.82) is 0 Å². The first-order chi connectivity index (χ1) is 9.08. The molecule has 0 fully saturated rings. The molecule has 0 spiro atoms. The molecule has 0 heterocycles. The molecule has 0 aliphatic carbocycles. The van der Waals surface area contributed by atoms with Gasteiger partial charge in [0.05, 0.1) is 5.56 Å². The molecule has 0 bridgehead atoms. The van der Waals surface area contributed by atoms with E-state index >= 15 is 0 Å². The van der Waals surface area contributed by atoms with Crippen LogP contribution in [0.1, 0.15) is 27.0 Å². The van der Waals surface area contributed by atoms with Crippen molar-refractivity contribution in [1.82, 2.24) is 0 Å². The Bertz CT molecular complexity index is 625. The van der Waals surface area contributed by atoms with E-state index in [2.05, 4.69) is 0 Å². The largest absolute Gasteiger partial charge is 0.507 e. The Kier molecular flexibility index (Phi) is 3.81. The maximum Gasteiger partial charge on any atom is 0.189 e. The second-order valence-corrected chi connectivity index (χ2v) is 4.59. The van der Waals surface area contributed by atoms with E-state index in [1.807, 2.05) is 43.3 Å². The third-order valence-electron chi connectivity index (χ3n) is 2.94. The van der Waals surface area contributed by atoms with Crippen molar-refractivity contribution in [2.45, 2.75) is 13.8 Å². The van der Waals surface area contributed by atoms with E-state index in [4.69, 9.17) is 0 Å². The Balaban J connectivity index is 2.28. The Morgan fingerprint density at radius 3 is 2.47 bits per heavy atom. The number of carbonyl (C=O) groups excluding carboxylic acids is 1. The molecule has 0 radical (unpaired) electrons. The number of phenolic OH excluding ortho intramolecular Hbond substituents is 1. The quantitative estimate of drug-likeness (QED) is 0.664. The minimum absolute atomic E-state index is 0.0633. The van der Waals surface area contributed by atoms with Crippen molar-refractivity contribution in [2.24, 2.45) is 0 Å². The van der Waals surface area contributed by atoms with Gasteiger partial charge in [-0.25, -0.2) is 0 Å². The molecular formula is C17H16O2. The number of hydrogen-bond acceptors (Lipinski definition) is 2. The van der Waals surface area contributed by atoms with E-state index in [1.54, 1.807) is 19.1 Å². The highest BCUT2D eigenvalue weighted by Crippen LogP contribution is 2.24. The van der Waals surface area contributed by atoms with E-state index in [-0.39, 0.29) is 11.5 Å². The van der Waals surface area contributed by atoms with Crippen LogP contribution in [0.5, 0.6) is 5.75 Å². The number of phenols is 1. The van der Waals surface area contributed by atoms with Crippen LogP contribution in [0, 0.1) is 13.8 Å². The number of aryl methyl sites for hydroxylation is 2. The first kappa shape index (κ1) is 13.1. The number of ketones is 1. The van der Waals surface area contributed by atoms with Crippen molar-refractivity contribution in [3.05, 3.63) is 70.8 Å². The van der Waals surface area contributed by atoms with Crippen LogP contribution in [0.15, 0.2) is 48.5 Å². The van der Waals surface area contributed by atoms with Gasteiger partial charge < -0.3 is 5.11 Å². The topological polar surface area (TPSA) is 37.3 Å². The lowest BCUT2D eigenvalue weighted by Gasteiger charge is -2.06. The maximum absolute atomic E-state index is 12.1. The molecule has 1 N–H and O–H groups in total. The molecule has 0 atom stereocenters. The van der Waals surface area contributed by atoms with E-state index in [0.29, 0.717) is 5.56 Å². The average Bonchev–Trinajstić information content (AvgIpc) is 2.41. The minimum atomic E-state index is -0.187. The zero-order valence-corrected chi connectivity index (χ0v) is 11.1. The number of allylic oxidation sites excluding steroid dienone is 1. The SMILES string of the molecule is Cc1cc(C)c(O)c(C(=O)/C=C/c2ccccc2)c1. The van der Waals surface area contributed by atoms with E-state index < -0.39 is 0 Å². The summed E-state index contributed by atoms with van der Waals surface area (Å²) in [5.41, 5.74) is 2.99. The minimum Gasteiger partial charge on any atom is -0.507 e. The summed E-state index contributed by atoms with van der Waals surface area (Å²) in [5, 5.41) is 9.93. The number of rotatable bonds is 3. The third kappa shape index (κ3) is 3.10. The van der Waals surface area contributed by atoms with Crippen molar-refractivity contribution in [3.63, 3.8) is 0 Å². The van der Waals surface area contributed by atoms with Crippen LogP contribution < -0.4 is 0 Å². The Morgan fingerprint density at radius 2 is 1.79 bits per heavy atom. The molecule has 19 heavy (non-hydrogen) atoms. The van der Waals surface area contributed by atoms with Crippen LogP contribution in [0.3, 0.4) is 0 Å². The van der Waals surface area contributed by atoms with Crippen LogP contribution in [-0.4, -0.2) is 10.9 Å². The molecule has 96 valence electrons.